The average Bonchev–Trinajstić information content (AvgIpc) is 2.67. The van der Waals surface area contributed by atoms with Crippen molar-refractivity contribution in [2.45, 2.75) is 38.6 Å². The summed E-state index contributed by atoms with van der Waals surface area (Å²) in [5, 5.41) is 7.74. The van der Waals surface area contributed by atoms with Gasteiger partial charge in [-0.2, -0.15) is 0 Å². The molecule has 0 bridgehead atoms. The summed E-state index contributed by atoms with van der Waals surface area (Å²) in [5.41, 5.74) is 0.434. The van der Waals surface area contributed by atoms with Crippen molar-refractivity contribution >= 4 is 6.29 Å². The molecule has 1 aliphatic carbocycles. The molecule has 1 aromatic heterocycles. The summed E-state index contributed by atoms with van der Waals surface area (Å²) < 4.78 is 1.84. The highest BCUT2D eigenvalue weighted by Crippen LogP contribution is 2.30. The minimum absolute atomic E-state index is 0.434. The van der Waals surface area contributed by atoms with Gasteiger partial charge in [0, 0.05) is 0 Å². The van der Waals surface area contributed by atoms with Crippen molar-refractivity contribution in [3.8, 4) is 0 Å². The van der Waals surface area contributed by atoms with E-state index in [9.17, 15) is 4.79 Å². The highest BCUT2D eigenvalue weighted by atomic mass is 16.1. The number of rotatable bonds is 2. The predicted octanol–water partition coefficient (Wildman–Crippen LogP) is 1.84. The van der Waals surface area contributed by atoms with Crippen LogP contribution < -0.4 is 0 Å². The molecule has 0 spiro atoms. The Balaban J connectivity index is 2.04. The number of aldehydes is 1. The van der Waals surface area contributed by atoms with Gasteiger partial charge < -0.3 is 0 Å². The fraction of sp³-hybridized carbons (Fsp3) is 0.700. The molecule has 1 aliphatic rings. The standard InChI is InChI=1S/C10H15N3O/c1-8-2-4-10(5-3-8)13-6-9(7-14)11-12-13/h6-8,10H,2-5H2,1H3. The molecule has 0 saturated heterocycles. The lowest BCUT2D eigenvalue weighted by atomic mass is 9.87. The second-order valence-electron chi connectivity index (χ2n) is 4.15. The number of aromatic nitrogens is 3. The molecule has 0 atom stereocenters. The molecule has 76 valence electrons. The Kier molecular flexibility index (Phi) is 2.61. The van der Waals surface area contributed by atoms with E-state index < -0.39 is 0 Å². The van der Waals surface area contributed by atoms with Gasteiger partial charge in [0.1, 0.15) is 5.69 Å². The molecule has 4 heteroatoms. The van der Waals surface area contributed by atoms with Gasteiger partial charge in [-0.1, -0.05) is 12.1 Å². The van der Waals surface area contributed by atoms with E-state index >= 15 is 0 Å². The van der Waals surface area contributed by atoms with Crippen molar-refractivity contribution in [3.05, 3.63) is 11.9 Å². The molecule has 0 aliphatic heterocycles. The molecule has 0 radical (unpaired) electrons. The van der Waals surface area contributed by atoms with E-state index in [2.05, 4.69) is 17.2 Å². The zero-order valence-corrected chi connectivity index (χ0v) is 8.39. The van der Waals surface area contributed by atoms with Crippen molar-refractivity contribution in [2.24, 2.45) is 5.92 Å². The third-order valence-corrected chi connectivity index (χ3v) is 3.01. The third-order valence-electron chi connectivity index (χ3n) is 3.01. The molecule has 0 N–H and O–H groups in total. The summed E-state index contributed by atoms with van der Waals surface area (Å²) in [6, 6.07) is 0.451. The second kappa shape index (κ2) is 3.90. The molecule has 0 aromatic carbocycles. The summed E-state index contributed by atoms with van der Waals surface area (Å²) in [6.45, 7) is 2.29. The average molecular weight is 193 g/mol. The molecule has 4 nitrogen and oxygen atoms in total. The zero-order valence-electron chi connectivity index (χ0n) is 8.39. The monoisotopic (exact) mass is 193 g/mol. The van der Waals surface area contributed by atoms with E-state index in [1.54, 1.807) is 6.20 Å². The highest BCUT2D eigenvalue weighted by molar-refractivity contribution is 5.70. The molecular weight excluding hydrogens is 178 g/mol. The highest BCUT2D eigenvalue weighted by Gasteiger charge is 2.20. The molecule has 1 fully saturated rings. The molecule has 1 aromatic rings. The van der Waals surface area contributed by atoms with Gasteiger partial charge in [0.05, 0.1) is 12.2 Å². The largest absolute Gasteiger partial charge is 0.296 e. The van der Waals surface area contributed by atoms with Crippen LogP contribution in [0.4, 0.5) is 0 Å². The molecule has 1 heterocycles. The maximum atomic E-state index is 10.4. The third kappa shape index (κ3) is 1.84. The van der Waals surface area contributed by atoms with E-state index in [1.807, 2.05) is 4.68 Å². The Hall–Kier alpha value is -1.19. The Bertz CT molecular complexity index is 313. The first-order valence-electron chi connectivity index (χ1n) is 5.16. The number of carbonyl (C=O) groups is 1. The van der Waals surface area contributed by atoms with Crippen LogP contribution in [0.15, 0.2) is 6.20 Å². The van der Waals surface area contributed by atoms with E-state index in [0.29, 0.717) is 11.7 Å². The molecule has 0 amide bonds. The van der Waals surface area contributed by atoms with Crippen molar-refractivity contribution < 1.29 is 4.79 Å². The Labute approximate surface area is 83.3 Å². The maximum absolute atomic E-state index is 10.4. The molecular formula is C10H15N3O. The number of hydrogen-bond acceptors (Lipinski definition) is 3. The Morgan fingerprint density at radius 1 is 1.43 bits per heavy atom. The minimum atomic E-state index is 0.434. The first-order valence-corrected chi connectivity index (χ1v) is 5.16. The summed E-state index contributed by atoms with van der Waals surface area (Å²) in [7, 11) is 0. The Morgan fingerprint density at radius 3 is 2.71 bits per heavy atom. The minimum Gasteiger partial charge on any atom is -0.296 e. The predicted molar refractivity (Wildman–Crippen MR) is 52.1 cm³/mol. The van der Waals surface area contributed by atoms with Crippen LogP contribution in [0.2, 0.25) is 0 Å². The van der Waals surface area contributed by atoms with Crippen LogP contribution >= 0.6 is 0 Å². The molecule has 14 heavy (non-hydrogen) atoms. The van der Waals surface area contributed by atoms with Gasteiger partial charge in [-0.05, 0) is 31.6 Å². The van der Waals surface area contributed by atoms with Gasteiger partial charge in [0.25, 0.3) is 0 Å². The van der Waals surface area contributed by atoms with E-state index in [-0.39, 0.29) is 0 Å². The number of hydrogen-bond donors (Lipinski definition) is 0. The number of carbonyl (C=O) groups excluding carboxylic acids is 1. The fourth-order valence-electron chi connectivity index (χ4n) is 2.03. The van der Waals surface area contributed by atoms with Gasteiger partial charge in [-0.25, -0.2) is 4.68 Å². The van der Waals surface area contributed by atoms with Crippen molar-refractivity contribution in [1.82, 2.24) is 15.0 Å². The van der Waals surface area contributed by atoms with E-state index in [1.165, 1.54) is 12.8 Å². The maximum Gasteiger partial charge on any atom is 0.171 e. The van der Waals surface area contributed by atoms with Crippen LogP contribution in [0.3, 0.4) is 0 Å². The van der Waals surface area contributed by atoms with Crippen LogP contribution in [-0.4, -0.2) is 21.3 Å². The summed E-state index contributed by atoms with van der Waals surface area (Å²) >= 11 is 0. The quantitative estimate of drug-likeness (QED) is 0.673. The van der Waals surface area contributed by atoms with Gasteiger partial charge in [0.15, 0.2) is 6.29 Å². The van der Waals surface area contributed by atoms with Crippen LogP contribution in [0, 0.1) is 5.92 Å². The van der Waals surface area contributed by atoms with Crippen LogP contribution in [0.5, 0.6) is 0 Å². The van der Waals surface area contributed by atoms with E-state index in [0.717, 1.165) is 25.0 Å². The lowest BCUT2D eigenvalue weighted by Crippen LogP contribution is -2.17. The van der Waals surface area contributed by atoms with Crippen molar-refractivity contribution in [1.29, 1.82) is 0 Å². The zero-order chi connectivity index (χ0) is 9.97. The van der Waals surface area contributed by atoms with Crippen molar-refractivity contribution in [2.75, 3.05) is 0 Å². The van der Waals surface area contributed by atoms with Crippen LogP contribution in [0.25, 0.3) is 0 Å². The first-order chi connectivity index (χ1) is 6.79. The SMILES string of the molecule is CC1CCC(n2cc(C=O)nn2)CC1. The smallest absolute Gasteiger partial charge is 0.171 e. The van der Waals surface area contributed by atoms with Gasteiger partial charge >= 0.3 is 0 Å². The van der Waals surface area contributed by atoms with Gasteiger partial charge in [-0.3, -0.25) is 4.79 Å². The second-order valence-corrected chi connectivity index (χ2v) is 4.15. The topological polar surface area (TPSA) is 47.8 Å². The molecule has 0 unspecified atom stereocenters. The fourth-order valence-corrected chi connectivity index (χ4v) is 2.03. The summed E-state index contributed by atoms with van der Waals surface area (Å²) in [5.74, 6) is 0.834. The summed E-state index contributed by atoms with van der Waals surface area (Å²) in [4.78, 5) is 10.4. The van der Waals surface area contributed by atoms with Gasteiger partial charge in [0.2, 0.25) is 0 Å². The van der Waals surface area contributed by atoms with E-state index in [4.69, 9.17) is 0 Å². The summed E-state index contributed by atoms with van der Waals surface area (Å²) in [6.07, 6.45) is 7.30. The lowest BCUT2D eigenvalue weighted by Gasteiger charge is -2.25. The number of nitrogens with zero attached hydrogens (tertiary/aromatic N) is 3. The van der Waals surface area contributed by atoms with Crippen molar-refractivity contribution in [3.63, 3.8) is 0 Å². The first kappa shape index (κ1) is 9.37. The molecule has 1 saturated carbocycles. The Morgan fingerprint density at radius 2 is 2.14 bits per heavy atom. The van der Waals surface area contributed by atoms with Crippen LogP contribution in [0.1, 0.15) is 49.1 Å². The van der Waals surface area contributed by atoms with Crippen LogP contribution in [-0.2, 0) is 0 Å². The normalized spacial score (nSPS) is 27.5. The lowest BCUT2D eigenvalue weighted by molar-refractivity contribution is 0.111. The van der Waals surface area contributed by atoms with Gasteiger partial charge in [-0.15, -0.1) is 5.10 Å². The molecule has 2 rings (SSSR count).